The monoisotopic (exact) mass is 299 g/mol. The summed E-state index contributed by atoms with van der Waals surface area (Å²) >= 11 is 0. The molecule has 2 aromatic rings. The van der Waals surface area contributed by atoms with Crippen LogP contribution in [0.5, 0.6) is 0 Å². The highest BCUT2D eigenvalue weighted by atomic mass is 16.3. The van der Waals surface area contributed by atoms with Crippen LogP contribution in [0.15, 0.2) is 24.5 Å². The Labute approximate surface area is 130 Å². The molecule has 0 amide bonds. The molecule has 3 rings (SSSR count). The lowest BCUT2D eigenvalue weighted by Crippen LogP contribution is -2.22. The van der Waals surface area contributed by atoms with Crippen molar-refractivity contribution in [2.24, 2.45) is 0 Å². The Morgan fingerprint density at radius 1 is 1.36 bits per heavy atom. The zero-order valence-corrected chi connectivity index (χ0v) is 13.0. The van der Waals surface area contributed by atoms with Gasteiger partial charge in [0.05, 0.1) is 6.10 Å². The van der Waals surface area contributed by atoms with Gasteiger partial charge in [-0.2, -0.15) is 4.98 Å². The third kappa shape index (κ3) is 3.33. The van der Waals surface area contributed by atoms with Gasteiger partial charge < -0.3 is 15.3 Å². The van der Waals surface area contributed by atoms with Crippen molar-refractivity contribution in [2.45, 2.75) is 32.9 Å². The number of aliphatic hydroxyl groups is 1. The number of hydrogen-bond acceptors (Lipinski definition) is 6. The molecule has 116 valence electrons. The van der Waals surface area contributed by atoms with Crippen molar-refractivity contribution in [1.82, 2.24) is 15.0 Å². The Morgan fingerprint density at radius 2 is 2.23 bits per heavy atom. The lowest BCUT2D eigenvalue weighted by atomic mass is 10.1. The van der Waals surface area contributed by atoms with Crippen molar-refractivity contribution in [3.63, 3.8) is 0 Å². The average Bonchev–Trinajstić information content (AvgIpc) is 2.95. The molecule has 2 N–H and O–H groups in total. The van der Waals surface area contributed by atoms with Gasteiger partial charge in [0.2, 0.25) is 5.95 Å². The lowest BCUT2D eigenvalue weighted by Gasteiger charge is -2.17. The molecule has 0 spiro atoms. The van der Waals surface area contributed by atoms with Crippen LogP contribution in [-0.4, -0.2) is 39.3 Å². The first kappa shape index (κ1) is 14.7. The zero-order chi connectivity index (χ0) is 15.5. The molecule has 1 atom stereocenters. The van der Waals surface area contributed by atoms with Gasteiger partial charge >= 0.3 is 0 Å². The maximum atomic E-state index is 9.62. The van der Waals surface area contributed by atoms with Crippen molar-refractivity contribution in [1.29, 1.82) is 0 Å². The van der Waals surface area contributed by atoms with E-state index in [2.05, 4.69) is 38.2 Å². The Balaban J connectivity index is 1.66. The van der Waals surface area contributed by atoms with E-state index in [0.717, 1.165) is 30.0 Å². The molecule has 22 heavy (non-hydrogen) atoms. The van der Waals surface area contributed by atoms with Crippen LogP contribution in [0.2, 0.25) is 0 Å². The SMILES string of the molecule is Cc1cc(CNc2nccc(N3CC[C@H](O)C3)n2)cnc1C. The smallest absolute Gasteiger partial charge is 0.224 e. The highest BCUT2D eigenvalue weighted by Gasteiger charge is 2.21. The molecule has 0 saturated carbocycles. The lowest BCUT2D eigenvalue weighted by molar-refractivity contribution is 0.198. The largest absolute Gasteiger partial charge is 0.391 e. The van der Waals surface area contributed by atoms with E-state index in [4.69, 9.17) is 0 Å². The summed E-state index contributed by atoms with van der Waals surface area (Å²) in [6.45, 7) is 6.17. The first-order chi connectivity index (χ1) is 10.6. The highest BCUT2D eigenvalue weighted by molar-refractivity contribution is 5.43. The molecule has 2 aromatic heterocycles. The first-order valence-corrected chi connectivity index (χ1v) is 7.54. The predicted octanol–water partition coefficient (Wildman–Crippen LogP) is 1.67. The molecule has 1 aliphatic heterocycles. The van der Waals surface area contributed by atoms with E-state index in [9.17, 15) is 5.11 Å². The third-order valence-corrected chi connectivity index (χ3v) is 3.98. The summed E-state index contributed by atoms with van der Waals surface area (Å²) in [7, 11) is 0. The average molecular weight is 299 g/mol. The summed E-state index contributed by atoms with van der Waals surface area (Å²) < 4.78 is 0. The van der Waals surface area contributed by atoms with Crippen LogP contribution >= 0.6 is 0 Å². The molecule has 6 nitrogen and oxygen atoms in total. The number of hydrogen-bond donors (Lipinski definition) is 2. The molecule has 1 fully saturated rings. The molecule has 1 aliphatic rings. The number of aliphatic hydroxyl groups excluding tert-OH is 1. The van der Waals surface area contributed by atoms with Gasteiger partial charge in [-0.3, -0.25) is 4.98 Å². The molecule has 0 unspecified atom stereocenters. The normalized spacial score (nSPS) is 17.8. The number of nitrogens with zero attached hydrogens (tertiary/aromatic N) is 4. The minimum absolute atomic E-state index is 0.256. The van der Waals surface area contributed by atoms with E-state index in [0.29, 0.717) is 19.0 Å². The molecular formula is C16H21N5O. The van der Waals surface area contributed by atoms with E-state index in [-0.39, 0.29) is 6.10 Å². The van der Waals surface area contributed by atoms with Crippen LogP contribution in [0.3, 0.4) is 0 Å². The molecule has 0 radical (unpaired) electrons. The summed E-state index contributed by atoms with van der Waals surface area (Å²) in [5, 5.41) is 12.9. The van der Waals surface area contributed by atoms with Crippen LogP contribution < -0.4 is 10.2 Å². The van der Waals surface area contributed by atoms with Gasteiger partial charge in [-0.25, -0.2) is 4.98 Å². The van der Waals surface area contributed by atoms with E-state index in [1.807, 2.05) is 19.2 Å². The Morgan fingerprint density at radius 3 is 2.95 bits per heavy atom. The van der Waals surface area contributed by atoms with Crippen molar-refractivity contribution in [2.75, 3.05) is 23.3 Å². The highest BCUT2D eigenvalue weighted by Crippen LogP contribution is 2.18. The maximum Gasteiger partial charge on any atom is 0.224 e. The predicted molar refractivity (Wildman–Crippen MR) is 85.9 cm³/mol. The topological polar surface area (TPSA) is 74.2 Å². The van der Waals surface area contributed by atoms with Gasteiger partial charge in [-0.1, -0.05) is 6.07 Å². The number of nitrogens with one attached hydrogen (secondary N) is 1. The van der Waals surface area contributed by atoms with Crippen molar-refractivity contribution < 1.29 is 5.11 Å². The second-order valence-electron chi connectivity index (χ2n) is 5.73. The van der Waals surface area contributed by atoms with Gasteiger partial charge in [0, 0.05) is 37.7 Å². The molecule has 0 bridgehead atoms. The molecule has 0 aromatic carbocycles. The number of aryl methyl sites for hydroxylation is 2. The van der Waals surface area contributed by atoms with Crippen LogP contribution in [0.25, 0.3) is 0 Å². The standard InChI is InChI=1S/C16H21N5O/c1-11-7-13(8-18-12(11)2)9-19-16-17-5-3-15(20-16)21-6-4-14(22)10-21/h3,5,7-8,14,22H,4,6,9-10H2,1-2H3,(H,17,19,20)/t14-/m0/s1. The Kier molecular flexibility index (Phi) is 4.20. The number of rotatable bonds is 4. The molecule has 3 heterocycles. The van der Waals surface area contributed by atoms with E-state index < -0.39 is 0 Å². The van der Waals surface area contributed by atoms with Gasteiger partial charge in [0.1, 0.15) is 5.82 Å². The van der Waals surface area contributed by atoms with Gasteiger partial charge in [0.15, 0.2) is 0 Å². The zero-order valence-electron chi connectivity index (χ0n) is 13.0. The van der Waals surface area contributed by atoms with Crippen LogP contribution in [0.1, 0.15) is 23.2 Å². The van der Waals surface area contributed by atoms with Gasteiger partial charge in [0.25, 0.3) is 0 Å². The van der Waals surface area contributed by atoms with Crippen molar-refractivity contribution in [3.05, 3.63) is 41.3 Å². The summed E-state index contributed by atoms with van der Waals surface area (Å²) in [6, 6.07) is 4.00. The maximum absolute atomic E-state index is 9.62. The van der Waals surface area contributed by atoms with Crippen molar-refractivity contribution in [3.8, 4) is 0 Å². The van der Waals surface area contributed by atoms with E-state index >= 15 is 0 Å². The third-order valence-electron chi connectivity index (χ3n) is 3.98. The summed E-state index contributed by atoms with van der Waals surface area (Å²) in [5.74, 6) is 1.45. The minimum atomic E-state index is -0.256. The first-order valence-electron chi connectivity index (χ1n) is 7.54. The molecule has 0 aliphatic carbocycles. The molecule has 6 heteroatoms. The summed E-state index contributed by atoms with van der Waals surface area (Å²) in [5.41, 5.74) is 3.34. The fourth-order valence-corrected chi connectivity index (χ4v) is 2.54. The number of anilines is 2. The van der Waals surface area contributed by atoms with Gasteiger partial charge in [-0.05, 0) is 37.5 Å². The molecular weight excluding hydrogens is 278 g/mol. The second kappa shape index (κ2) is 6.27. The fourth-order valence-electron chi connectivity index (χ4n) is 2.54. The Bertz CT molecular complexity index is 661. The van der Waals surface area contributed by atoms with Gasteiger partial charge in [-0.15, -0.1) is 0 Å². The number of pyridine rings is 1. The fraction of sp³-hybridized carbons (Fsp3) is 0.438. The quantitative estimate of drug-likeness (QED) is 0.894. The summed E-state index contributed by atoms with van der Waals surface area (Å²) in [6.07, 6.45) is 4.15. The molecule has 1 saturated heterocycles. The summed E-state index contributed by atoms with van der Waals surface area (Å²) in [4.78, 5) is 15.2. The van der Waals surface area contributed by atoms with Crippen LogP contribution in [0, 0.1) is 13.8 Å². The van der Waals surface area contributed by atoms with Crippen molar-refractivity contribution >= 4 is 11.8 Å². The van der Waals surface area contributed by atoms with Crippen LogP contribution in [-0.2, 0) is 6.54 Å². The van der Waals surface area contributed by atoms with Crippen LogP contribution in [0.4, 0.5) is 11.8 Å². The minimum Gasteiger partial charge on any atom is -0.391 e. The Hall–Kier alpha value is -2.21. The number of aromatic nitrogens is 3. The second-order valence-corrected chi connectivity index (χ2v) is 5.73. The number of β-amino-alcohol motifs (C(OH)–C–C–N with tert-alkyl or cyclic N) is 1. The van der Waals surface area contributed by atoms with E-state index in [1.165, 1.54) is 5.56 Å². The van der Waals surface area contributed by atoms with E-state index in [1.54, 1.807) is 6.20 Å².